The summed E-state index contributed by atoms with van der Waals surface area (Å²) in [7, 11) is 1.65. The molecule has 1 aromatic heterocycles. The molecule has 0 aliphatic carbocycles. The summed E-state index contributed by atoms with van der Waals surface area (Å²) in [6.07, 6.45) is -0.507. The first-order valence-electron chi connectivity index (χ1n) is 4.65. The maximum Gasteiger partial charge on any atom is 0.413 e. The monoisotopic (exact) mass is 263 g/mol. The third-order valence-corrected chi connectivity index (χ3v) is 3.34. The summed E-state index contributed by atoms with van der Waals surface area (Å²) in [5.74, 6) is 0.810. The van der Waals surface area contributed by atoms with E-state index in [-0.39, 0.29) is 0 Å². The van der Waals surface area contributed by atoms with Crippen molar-refractivity contribution >= 4 is 34.3 Å². The van der Waals surface area contributed by atoms with Crippen LogP contribution in [-0.4, -0.2) is 42.4 Å². The van der Waals surface area contributed by atoms with Crippen LogP contribution in [0.15, 0.2) is 4.34 Å². The van der Waals surface area contributed by atoms with Crippen molar-refractivity contribution in [3.63, 3.8) is 0 Å². The van der Waals surface area contributed by atoms with Crippen LogP contribution < -0.4 is 5.32 Å². The van der Waals surface area contributed by atoms with Crippen LogP contribution in [0.3, 0.4) is 0 Å². The number of hydrogen-bond acceptors (Lipinski definition) is 7. The van der Waals surface area contributed by atoms with E-state index in [2.05, 4.69) is 15.5 Å². The van der Waals surface area contributed by atoms with E-state index >= 15 is 0 Å². The average Bonchev–Trinajstić information content (AvgIpc) is 2.66. The van der Waals surface area contributed by atoms with Crippen molar-refractivity contribution < 1.29 is 14.3 Å². The van der Waals surface area contributed by atoms with E-state index in [0.717, 1.165) is 10.1 Å². The molecule has 0 bridgehead atoms. The van der Waals surface area contributed by atoms with Crippen LogP contribution in [0.5, 0.6) is 0 Å². The van der Waals surface area contributed by atoms with E-state index in [9.17, 15) is 4.79 Å². The van der Waals surface area contributed by atoms with Crippen LogP contribution in [0.25, 0.3) is 0 Å². The highest BCUT2D eigenvalue weighted by Gasteiger charge is 2.08. The molecule has 90 valence electrons. The quantitative estimate of drug-likeness (QED) is 0.479. The van der Waals surface area contributed by atoms with Gasteiger partial charge in [0.15, 0.2) is 4.34 Å². The zero-order chi connectivity index (χ0) is 11.8. The maximum atomic E-state index is 11.1. The minimum Gasteiger partial charge on any atom is -0.450 e. The molecular formula is C8H13N3O3S2. The smallest absolute Gasteiger partial charge is 0.413 e. The van der Waals surface area contributed by atoms with E-state index in [0.29, 0.717) is 18.3 Å². The SMILES string of the molecule is CCOC(=O)Nc1nnc(SCCOC)s1. The number of rotatable bonds is 6. The van der Waals surface area contributed by atoms with Crippen molar-refractivity contribution in [2.24, 2.45) is 0 Å². The lowest BCUT2D eigenvalue weighted by Crippen LogP contribution is -2.12. The first kappa shape index (κ1) is 13.2. The molecule has 1 amide bonds. The van der Waals surface area contributed by atoms with Gasteiger partial charge >= 0.3 is 6.09 Å². The number of carbonyl (C=O) groups excluding carboxylic acids is 1. The lowest BCUT2D eigenvalue weighted by molar-refractivity contribution is 0.168. The Morgan fingerprint density at radius 2 is 2.38 bits per heavy atom. The van der Waals surface area contributed by atoms with E-state index < -0.39 is 6.09 Å². The third kappa shape index (κ3) is 4.77. The molecule has 0 radical (unpaired) electrons. The van der Waals surface area contributed by atoms with E-state index in [1.54, 1.807) is 14.0 Å². The highest BCUT2D eigenvalue weighted by atomic mass is 32.2. The number of nitrogens with one attached hydrogen (secondary N) is 1. The van der Waals surface area contributed by atoms with Gasteiger partial charge in [0.1, 0.15) is 0 Å². The number of thioether (sulfide) groups is 1. The molecule has 0 aliphatic rings. The summed E-state index contributed by atoms with van der Waals surface area (Å²) in [5.41, 5.74) is 0. The minimum atomic E-state index is -0.507. The molecule has 1 N–H and O–H groups in total. The van der Waals surface area contributed by atoms with Crippen molar-refractivity contribution in [2.45, 2.75) is 11.3 Å². The Morgan fingerprint density at radius 1 is 1.56 bits per heavy atom. The Morgan fingerprint density at radius 3 is 3.06 bits per heavy atom. The minimum absolute atomic E-state index is 0.333. The van der Waals surface area contributed by atoms with Gasteiger partial charge in [-0.2, -0.15) is 0 Å². The average molecular weight is 263 g/mol. The van der Waals surface area contributed by atoms with Crippen molar-refractivity contribution in [1.82, 2.24) is 10.2 Å². The van der Waals surface area contributed by atoms with Gasteiger partial charge in [-0.25, -0.2) is 4.79 Å². The van der Waals surface area contributed by atoms with Gasteiger partial charge in [0.05, 0.1) is 13.2 Å². The van der Waals surface area contributed by atoms with Gasteiger partial charge in [-0.1, -0.05) is 23.1 Å². The topological polar surface area (TPSA) is 73.3 Å². The Bertz CT molecular complexity index is 332. The van der Waals surface area contributed by atoms with Crippen LogP contribution in [-0.2, 0) is 9.47 Å². The fraction of sp³-hybridized carbons (Fsp3) is 0.625. The second-order valence-electron chi connectivity index (χ2n) is 2.56. The first-order valence-corrected chi connectivity index (χ1v) is 6.45. The van der Waals surface area contributed by atoms with Crippen LogP contribution in [0.2, 0.25) is 0 Å². The predicted molar refractivity (Wildman–Crippen MR) is 63.2 cm³/mol. The summed E-state index contributed by atoms with van der Waals surface area (Å²) in [6, 6.07) is 0. The molecule has 0 saturated heterocycles. The Labute approximate surface area is 102 Å². The van der Waals surface area contributed by atoms with Gasteiger partial charge < -0.3 is 9.47 Å². The summed E-state index contributed by atoms with van der Waals surface area (Å²) >= 11 is 2.84. The van der Waals surface area contributed by atoms with Crippen LogP contribution >= 0.6 is 23.1 Å². The summed E-state index contributed by atoms with van der Waals surface area (Å²) < 4.78 is 10.4. The molecule has 0 atom stereocenters. The number of anilines is 1. The summed E-state index contributed by atoms with van der Waals surface area (Å²) in [4.78, 5) is 11.1. The molecule has 1 aromatic rings. The van der Waals surface area contributed by atoms with Crippen LogP contribution in [0.1, 0.15) is 6.92 Å². The molecule has 0 unspecified atom stereocenters. The van der Waals surface area contributed by atoms with Gasteiger partial charge in [-0.3, -0.25) is 5.32 Å². The van der Waals surface area contributed by atoms with Gasteiger partial charge in [0, 0.05) is 12.9 Å². The third-order valence-electron chi connectivity index (χ3n) is 1.40. The number of ether oxygens (including phenoxy) is 2. The van der Waals surface area contributed by atoms with E-state index in [4.69, 9.17) is 9.47 Å². The van der Waals surface area contributed by atoms with Gasteiger partial charge in [-0.15, -0.1) is 10.2 Å². The van der Waals surface area contributed by atoms with Crippen molar-refractivity contribution in [3.05, 3.63) is 0 Å². The molecule has 16 heavy (non-hydrogen) atoms. The zero-order valence-electron chi connectivity index (χ0n) is 9.06. The molecule has 1 heterocycles. The molecule has 0 spiro atoms. The van der Waals surface area contributed by atoms with Crippen molar-refractivity contribution in [2.75, 3.05) is 31.4 Å². The molecular weight excluding hydrogens is 250 g/mol. The molecule has 0 fully saturated rings. The Hall–Kier alpha value is -0.860. The van der Waals surface area contributed by atoms with Gasteiger partial charge in [0.25, 0.3) is 0 Å². The first-order chi connectivity index (χ1) is 7.76. The molecule has 8 heteroatoms. The highest BCUT2D eigenvalue weighted by Crippen LogP contribution is 2.25. The Balaban J connectivity index is 2.36. The van der Waals surface area contributed by atoms with E-state index in [1.165, 1.54) is 23.1 Å². The number of aromatic nitrogens is 2. The number of carbonyl (C=O) groups is 1. The fourth-order valence-electron chi connectivity index (χ4n) is 0.785. The number of methoxy groups -OCH3 is 1. The number of nitrogens with zero attached hydrogens (tertiary/aromatic N) is 2. The second kappa shape index (κ2) is 7.42. The standard InChI is InChI=1S/C8H13N3O3S2/c1-3-14-7(12)9-6-10-11-8(16-6)15-5-4-13-2/h3-5H2,1-2H3,(H,9,10,12). The normalized spacial score (nSPS) is 10.1. The molecule has 1 rings (SSSR count). The maximum absolute atomic E-state index is 11.1. The lowest BCUT2D eigenvalue weighted by atomic mass is 10.9. The van der Waals surface area contributed by atoms with Crippen molar-refractivity contribution in [3.8, 4) is 0 Å². The fourth-order valence-corrected chi connectivity index (χ4v) is 2.49. The molecule has 6 nitrogen and oxygen atoms in total. The van der Waals surface area contributed by atoms with E-state index in [1.807, 2.05) is 0 Å². The largest absolute Gasteiger partial charge is 0.450 e. The molecule has 0 saturated carbocycles. The summed E-state index contributed by atoms with van der Waals surface area (Å²) in [5, 5.41) is 10.7. The zero-order valence-corrected chi connectivity index (χ0v) is 10.7. The second-order valence-corrected chi connectivity index (χ2v) is 4.88. The van der Waals surface area contributed by atoms with Crippen LogP contribution in [0, 0.1) is 0 Å². The number of amides is 1. The van der Waals surface area contributed by atoms with Gasteiger partial charge in [0.2, 0.25) is 5.13 Å². The van der Waals surface area contributed by atoms with Gasteiger partial charge in [-0.05, 0) is 6.92 Å². The molecule has 0 aromatic carbocycles. The highest BCUT2D eigenvalue weighted by molar-refractivity contribution is 8.01. The van der Waals surface area contributed by atoms with Crippen LogP contribution in [0.4, 0.5) is 9.93 Å². The van der Waals surface area contributed by atoms with Crippen molar-refractivity contribution in [1.29, 1.82) is 0 Å². The predicted octanol–water partition coefficient (Wildman–Crippen LogP) is 1.84. The lowest BCUT2D eigenvalue weighted by Gasteiger charge is -1.99. The number of hydrogen-bond donors (Lipinski definition) is 1. The summed E-state index contributed by atoms with van der Waals surface area (Å²) in [6.45, 7) is 2.73. The molecule has 0 aliphatic heterocycles. The Kier molecular flexibility index (Phi) is 6.12.